The zero-order chi connectivity index (χ0) is 21.0. The van der Waals surface area contributed by atoms with Crippen molar-refractivity contribution in [1.29, 1.82) is 0 Å². The van der Waals surface area contributed by atoms with E-state index < -0.39 is 23.4 Å². The average Bonchev–Trinajstić information content (AvgIpc) is 2.90. The number of fused-ring (bicyclic) bond motifs is 3. The molecule has 0 aromatic heterocycles. The SMILES string of the molecule is COC1=C(C)C(=O)c2c(cc(O)c3c2OC(C)C3(C)C(O)CC=C(C)C)C1=O. The molecule has 2 aliphatic rings. The molecule has 1 aromatic carbocycles. The second kappa shape index (κ2) is 6.78. The largest absolute Gasteiger partial charge is 0.507 e. The van der Waals surface area contributed by atoms with Crippen LogP contribution in [0, 0.1) is 0 Å². The van der Waals surface area contributed by atoms with Crippen LogP contribution in [0.15, 0.2) is 29.0 Å². The van der Waals surface area contributed by atoms with Gasteiger partial charge < -0.3 is 19.7 Å². The fourth-order valence-electron chi connectivity index (χ4n) is 4.05. The van der Waals surface area contributed by atoms with Crippen molar-refractivity contribution in [2.24, 2.45) is 0 Å². The molecule has 0 saturated carbocycles. The lowest BCUT2D eigenvalue weighted by molar-refractivity contribution is 0.0391. The molecule has 1 heterocycles. The van der Waals surface area contributed by atoms with Crippen LogP contribution in [-0.2, 0) is 10.2 Å². The summed E-state index contributed by atoms with van der Waals surface area (Å²) in [4.78, 5) is 25.7. The van der Waals surface area contributed by atoms with Crippen molar-refractivity contribution in [2.45, 2.75) is 58.7 Å². The summed E-state index contributed by atoms with van der Waals surface area (Å²) in [5, 5.41) is 21.7. The van der Waals surface area contributed by atoms with Gasteiger partial charge >= 0.3 is 0 Å². The van der Waals surface area contributed by atoms with Gasteiger partial charge in [-0.25, -0.2) is 0 Å². The molecular formula is C22H26O6. The maximum Gasteiger partial charge on any atom is 0.228 e. The van der Waals surface area contributed by atoms with E-state index in [0.717, 1.165) is 5.57 Å². The van der Waals surface area contributed by atoms with Crippen LogP contribution >= 0.6 is 0 Å². The highest BCUT2D eigenvalue weighted by molar-refractivity contribution is 6.27. The highest BCUT2D eigenvalue weighted by Crippen LogP contribution is 2.53. The van der Waals surface area contributed by atoms with Crippen LogP contribution in [0.25, 0.3) is 0 Å². The number of Topliss-reactive ketones (excluding diaryl/α,β-unsaturated/α-hetero) is 2. The molecule has 28 heavy (non-hydrogen) atoms. The molecule has 2 N–H and O–H groups in total. The Morgan fingerprint density at radius 1 is 1.36 bits per heavy atom. The monoisotopic (exact) mass is 386 g/mol. The Bertz CT molecular complexity index is 935. The number of carbonyl (C=O) groups is 2. The van der Waals surface area contributed by atoms with Gasteiger partial charge in [0.2, 0.25) is 5.78 Å². The molecule has 1 aromatic rings. The lowest BCUT2D eigenvalue weighted by Gasteiger charge is -2.33. The summed E-state index contributed by atoms with van der Waals surface area (Å²) in [6, 6.07) is 1.28. The Hall–Kier alpha value is -2.60. The zero-order valence-electron chi connectivity index (χ0n) is 17.0. The summed E-state index contributed by atoms with van der Waals surface area (Å²) in [7, 11) is 1.33. The molecule has 0 fully saturated rings. The van der Waals surface area contributed by atoms with Crippen molar-refractivity contribution >= 4 is 11.6 Å². The second-order valence-corrected chi connectivity index (χ2v) is 7.91. The molecule has 3 atom stereocenters. The normalized spacial score (nSPS) is 24.5. The molecule has 0 saturated heterocycles. The maximum absolute atomic E-state index is 13.0. The van der Waals surface area contributed by atoms with Gasteiger partial charge in [-0.2, -0.15) is 0 Å². The first-order valence-electron chi connectivity index (χ1n) is 9.28. The van der Waals surface area contributed by atoms with E-state index >= 15 is 0 Å². The molecule has 3 rings (SSSR count). The number of allylic oxidation sites excluding steroid dienone is 3. The van der Waals surface area contributed by atoms with Crippen molar-refractivity contribution < 1.29 is 29.3 Å². The van der Waals surface area contributed by atoms with E-state index in [1.807, 2.05) is 19.9 Å². The first-order valence-corrected chi connectivity index (χ1v) is 9.28. The van der Waals surface area contributed by atoms with E-state index in [9.17, 15) is 19.8 Å². The number of ketones is 2. The van der Waals surface area contributed by atoms with E-state index in [1.165, 1.54) is 20.1 Å². The van der Waals surface area contributed by atoms with E-state index in [0.29, 0.717) is 12.0 Å². The minimum atomic E-state index is -0.942. The smallest absolute Gasteiger partial charge is 0.228 e. The molecule has 1 aliphatic carbocycles. The molecule has 150 valence electrons. The van der Waals surface area contributed by atoms with E-state index in [-0.39, 0.29) is 39.7 Å². The third kappa shape index (κ3) is 2.66. The third-order valence-electron chi connectivity index (χ3n) is 5.94. The number of phenols is 1. The summed E-state index contributed by atoms with van der Waals surface area (Å²) in [6.07, 6.45) is 0.949. The fraction of sp³-hybridized carbons (Fsp3) is 0.455. The number of ether oxygens (including phenoxy) is 2. The number of aliphatic hydroxyl groups is 1. The molecular weight excluding hydrogens is 360 g/mol. The zero-order valence-corrected chi connectivity index (χ0v) is 17.0. The van der Waals surface area contributed by atoms with Gasteiger partial charge in [-0.3, -0.25) is 9.59 Å². The lowest BCUT2D eigenvalue weighted by Crippen LogP contribution is -2.43. The predicted octanol–water partition coefficient (Wildman–Crippen LogP) is 3.45. The number of methoxy groups -OCH3 is 1. The number of aromatic hydroxyl groups is 1. The third-order valence-corrected chi connectivity index (χ3v) is 5.94. The minimum Gasteiger partial charge on any atom is -0.507 e. The second-order valence-electron chi connectivity index (χ2n) is 7.91. The van der Waals surface area contributed by atoms with Crippen molar-refractivity contribution in [3.63, 3.8) is 0 Å². The van der Waals surface area contributed by atoms with Crippen molar-refractivity contribution in [3.05, 3.63) is 45.7 Å². The number of aliphatic hydroxyl groups excluding tert-OH is 1. The molecule has 0 radical (unpaired) electrons. The maximum atomic E-state index is 13.0. The van der Waals surface area contributed by atoms with E-state index in [2.05, 4.69) is 0 Å². The van der Waals surface area contributed by atoms with Crippen LogP contribution < -0.4 is 4.74 Å². The number of hydrogen-bond donors (Lipinski definition) is 2. The average molecular weight is 386 g/mol. The van der Waals surface area contributed by atoms with Gasteiger partial charge in [-0.05, 0) is 47.1 Å². The molecule has 3 unspecified atom stereocenters. The molecule has 0 spiro atoms. The number of benzene rings is 1. The Labute approximate surface area is 164 Å². The number of carbonyl (C=O) groups excluding carboxylic acids is 2. The van der Waals surface area contributed by atoms with E-state index in [4.69, 9.17) is 9.47 Å². The Balaban J connectivity index is 2.22. The van der Waals surface area contributed by atoms with Crippen molar-refractivity contribution in [2.75, 3.05) is 7.11 Å². The summed E-state index contributed by atoms with van der Waals surface area (Å²) in [5.41, 5.74) is 0.868. The summed E-state index contributed by atoms with van der Waals surface area (Å²) in [6.45, 7) is 9.01. The van der Waals surface area contributed by atoms with Crippen LogP contribution in [-0.4, -0.2) is 41.1 Å². The molecule has 1 aliphatic heterocycles. The van der Waals surface area contributed by atoms with Crippen molar-refractivity contribution in [3.8, 4) is 11.5 Å². The molecule has 0 amide bonds. The Morgan fingerprint density at radius 2 is 2.00 bits per heavy atom. The quantitative estimate of drug-likeness (QED) is 0.770. The van der Waals surface area contributed by atoms with Gasteiger partial charge in [0.05, 0.1) is 24.2 Å². The Kier molecular flexibility index (Phi) is 4.88. The summed E-state index contributed by atoms with van der Waals surface area (Å²) >= 11 is 0. The van der Waals surface area contributed by atoms with Gasteiger partial charge in [-0.1, -0.05) is 11.6 Å². The summed E-state index contributed by atoms with van der Waals surface area (Å²) < 4.78 is 11.1. The van der Waals surface area contributed by atoms with Crippen molar-refractivity contribution in [1.82, 2.24) is 0 Å². The van der Waals surface area contributed by atoms with Crippen LogP contribution in [0.1, 0.15) is 67.3 Å². The molecule has 0 bridgehead atoms. The van der Waals surface area contributed by atoms with Gasteiger partial charge in [0.1, 0.15) is 17.6 Å². The molecule has 6 nitrogen and oxygen atoms in total. The van der Waals surface area contributed by atoms with Crippen LogP contribution in [0.4, 0.5) is 0 Å². The first kappa shape index (κ1) is 20.1. The minimum absolute atomic E-state index is 0.0331. The standard InChI is InChI=1S/C22H26O6/c1-10(2)7-8-15(24)22(5)12(4)28-21-16-13(9-14(23)17(21)22)19(26)20(27-6)11(3)18(16)25/h7,9,12,15,23-24H,8H2,1-6H3. The number of phenolic OH excluding ortho intramolecular Hbond substituents is 1. The molecule has 6 heteroatoms. The van der Waals surface area contributed by atoms with Crippen LogP contribution in [0.2, 0.25) is 0 Å². The lowest BCUT2D eigenvalue weighted by atomic mass is 9.71. The highest BCUT2D eigenvalue weighted by atomic mass is 16.5. The summed E-state index contributed by atoms with van der Waals surface area (Å²) in [5.74, 6) is -0.878. The fourth-order valence-corrected chi connectivity index (χ4v) is 4.05. The number of hydrogen-bond acceptors (Lipinski definition) is 6. The number of rotatable bonds is 4. The first-order chi connectivity index (χ1) is 13.0. The van der Waals surface area contributed by atoms with Crippen LogP contribution in [0.3, 0.4) is 0 Å². The van der Waals surface area contributed by atoms with Gasteiger partial charge in [0.25, 0.3) is 0 Å². The highest BCUT2D eigenvalue weighted by Gasteiger charge is 2.52. The van der Waals surface area contributed by atoms with Crippen LogP contribution in [0.5, 0.6) is 11.5 Å². The topological polar surface area (TPSA) is 93.1 Å². The van der Waals surface area contributed by atoms with Gasteiger partial charge in [0.15, 0.2) is 11.5 Å². The van der Waals surface area contributed by atoms with Gasteiger partial charge in [-0.15, -0.1) is 0 Å². The van der Waals surface area contributed by atoms with Gasteiger partial charge in [0, 0.05) is 16.7 Å². The van der Waals surface area contributed by atoms with E-state index in [1.54, 1.807) is 13.8 Å². The Morgan fingerprint density at radius 3 is 2.57 bits per heavy atom. The predicted molar refractivity (Wildman–Crippen MR) is 104 cm³/mol.